The predicted molar refractivity (Wildman–Crippen MR) is 100 cm³/mol. The van der Waals surface area contributed by atoms with E-state index in [0.717, 1.165) is 18.7 Å². The van der Waals surface area contributed by atoms with Crippen molar-refractivity contribution in [3.8, 4) is 0 Å². The summed E-state index contributed by atoms with van der Waals surface area (Å²) in [5.74, 6) is 0.0166. The molecule has 1 heterocycles. The molecule has 3 rings (SSSR count). The van der Waals surface area contributed by atoms with Gasteiger partial charge in [0.1, 0.15) is 0 Å². The lowest BCUT2D eigenvalue weighted by Gasteiger charge is -2.35. The Morgan fingerprint density at radius 1 is 1.00 bits per heavy atom. The topological polar surface area (TPSA) is 43.8 Å². The summed E-state index contributed by atoms with van der Waals surface area (Å²) in [4.78, 5) is 16.5. The van der Waals surface area contributed by atoms with Crippen LogP contribution in [-0.4, -0.2) is 53.5 Å². The number of piperazine rings is 1. The van der Waals surface area contributed by atoms with Gasteiger partial charge in [0, 0.05) is 53.9 Å². The SMILES string of the molecule is O=C(c1ccc(Cl)cc1)N1CCN(CC(O)c2ccccc2Cl)CC1. The zero-order valence-corrected chi connectivity index (χ0v) is 15.2. The Labute approximate surface area is 157 Å². The number of halogens is 2. The van der Waals surface area contributed by atoms with E-state index >= 15 is 0 Å². The Bertz CT molecular complexity index is 728. The number of aliphatic hydroxyl groups is 1. The molecule has 25 heavy (non-hydrogen) atoms. The summed E-state index contributed by atoms with van der Waals surface area (Å²) in [6.07, 6.45) is -0.632. The number of benzene rings is 2. The van der Waals surface area contributed by atoms with Gasteiger partial charge in [0.25, 0.3) is 5.91 Å². The van der Waals surface area contributed by atoms with Gasteiger partial charge in [-0.3, -0.25) is 9.69 Å². The quantitative estimate of drug-likeness (QED) is 0.885. The summed E-state index contributed by atoms with van der Waals surface area (Å²) in [6, 6.07) is 14.3. The molecule has 2 aromatic carbocycles. The lowest BCUT2D eigenvalue weighted by molar-refractivity contribution is 0.0528. The van der Waals surface area contributed by atoms with Gasteiger partial charge >= 0.3 is 0 Å². The van der Waals surface area contributed by atoms with Crippen molar-refractivity contribution in [1.82, 2.24) is 9.80 Å². The average Bonchev–Trinajstić information content (AvgIpc) is 2.63. The average molecular weight is 379 g/mol. The third kappa shape index (κ3) is 4.53. The van der Waals surface area contributed by atoms with Gasteiger partial charge in [-0.1, -0.05) is 41.4 Å². The van der Waals surface area contributed by atoms with Crippen molar-refractivity contribution in [3.05, 3.63) is 69.7 Å². The van der Waals surface area contributed by atoms with Gasteiger partial charge < -0.3 is 10.0 Å². The second-order valence-corrected chi connectivity index (χ2v) is 6.98. The van der Waals surface area contributed by atoms with Crippen LogP contribution >= 0.6 is 23.2 Å². The van der Waals surface area contributed by atoms with Crippen LogP contribution in [0.4, 0.5) is 0 Å². The molecule has 1 aliphatic heterocycles. The number of aliphatic hydroxyl groups excluding tert-OH is 1. The largest absolute Gasteiger partial charge is 0.387 e. The second kappa shape index (κ2) is 8.19. The van der Waals surface area contributed by atoms with Crippen LogP contribution in [0.1, 0.15) is 22.0 Å². The maximum Gasteiger partial charge on any atom is 0.253 e. The molecular formula is C19H20Cl2N2O2. The molecule has 132 valence electrons. The van der Waals surface area contributed by atoms with E-state index in [1.54, 1.807) is 30.3 Å². The fourth-order valence-electron chi connectivity index (χ4n) is 3.00. The summed E-state index contributed by atoms with van der Waals surface area (Å²) >= 11 is 12.0. The summed E-state index contributed by atoms with van der Waals surface area (Å²) in [5, 5.41) is 11.6. The van der Waals surface area contributed by atoms with Gasteiger partial charge in [-0.25, -0.2) is 0 Å². The van der Waals surface area contributed by atoms with E-state index in [0.29, 0.717) is 35.2 Å². The van der Waals surface area contributed by atoms with Crippen molar-refractivity contribution < 1.29 is 9.90 Å². The van der Waals surface area contributed by atoms with Crippen LogP contribution in [0.3, 0.4) is 0 Å². The van der Waals surface area contributed by atoms with Crippen molar-refractivity contribution in [3.63, 3.8) is 0 Å². The van der Waals surface area contributed by atoms with E-state index in [9.17, 15) is 9.90 Å². The predicted octanol–water partition coefficient (Wildman–Crippen LogP) is 3.48. The van der Waals surface area contributed by atoms with Gasteiger partial charge in [-0.2, -0.15) is 0 Å². The maximum atomic E-state index is 12.5. The molecule has 0 bridgehead atoms. The minimum atomic E-state index is -0.632. The molecule has 4 nitrogen and oxygen atoms in total. The molecule has 1 amide bonds. The molecule has 1 N–H and O–H groups in total. The van der Waals surface area contributed by atoms with Crippen molar-refractivity contribution in [2.45, 2.75) is 6.10 Å². The Morgan fingerprint density at radius 2 is 1.64 bits per heavy atom. The molecule has 1 aliphatic rings. The molecular weight excluding hydrogens is 359 g/mol. The molecule has 6 heteroatoms. The number of nitrogens with zero attached hydrogens (tertiary/aromatic N) is 2. The molecule has 0 aliphatic carbocycles. The first-order valence-electron chi connectivity index (χ1n) is 8.24. The van der Waals surface area contributed by atoms with Gasteiger partial charge in [-0.05, 0) is 30.3 Å². The number of carbonyl (C=O) groups is 1. The monoisotopic (exact) mass is 378 g/mol. The number of carbonyl (C=O) groups excluding carboxylic acids is 1. The summed E-state index contributed by atoms with van der Waals surface area (Å²) in [7, 11) is 0. The molecule has 1 atom stereocenters. The molecule has 2 aromatic rings. The van der Waals surface area contributed by atoms with Crippen LogP contribution in [0, 0.1) is 0 Å². The highest BCUT2D eigenvalue weighted by Gasteiger charge is 2.24. The van der Waals surface area contributed by atoms with Crippen LogP contribution in [0.15, 0.2) is 48.5 Å². The Kier molecular flexibility index (Phi) is 5.97. The van der Waals surface area contributed by atoms with E-state index < -0.39 is 6.10 Å². The lowest BCUT2D eigenvalue weighted by Crippen LogP contribution is -2.49. The molecule has 1 unspecified atom stereocenters. The summed E-state index contributed by atoms with van der Waals surface area (Å²) < 4.78 is 0. The van der Waals surface area contributed by atoms with Crippen molar-refractivity contribution in [2.24, 2.45) is 0 Å². The Balaban J connectivity index is 1.54. The zero-order valence-electron chi connectivity index (χ0n) is 13.7. The summed E-state index contributed by atoms with van der Waals surface area (Å²) in [5.41, 5.74) is 1.39. The number of amides is 1. The van der Waals surface area contributed by atoms with Crippen LogP contribution < -0.4 is 0 Å². The smallest absolute Gasteiger partial charge is 0.253 e. The standard InChI is InChI=1S/C19H20Cl2N2O2/c20-15-7-5-14(6-8-15)19(25)23-11-9-22(10-12-23)13-18(24)16-3-1-2-4-17(16)21/h1-8,18,24H,9-13H2. The fourth-order valence-corrected chi connectivity index (χ4v) is 3.38. The number of hydrogen-bond acceptors (Lipinski definition) is 3. The van der Waals surface area contributed by atoms with Gasteiger partial charge in [0.05, 0.1) is 6.10 Å². The molecule has 0 spiro atoms. The molecule has 1 saturated heterocycles. The maximum absolute atomic E-state index is 12.5. The molecule has 1 fully saturated rings. The van der Waals surface area contributed by atoms with Gasteiger partial charge in [0.2, 0.25) is 0 Å². The molecule has 0 saturated carbocycles. The van der Waals surface area contributed by atoms with E-state index in [2.05, 4.69) is 4.90 Å². The van der Waals surface area contributed by atoms with E-state index in [1.807, 2.05) is 23.1 Å². The van der Waals surface area contributed by atoms with Crippen molar-refractivity contribution in [1.29, 1.82) is 0 Å². The highest BCUT2D eigenvalue weighted by Crippen LogP contribution is 2.23. The van der Waals surface area contributed by atoms with Gasteiger partial charge in [-0.15, -0.1) is 0 Å². The Morgan fingerprint density at radius 3 is 2.28 bits per heavy atom. The number of β-amino-alcohol motifs (C(OH)–C–C–N with tert-alkyl or cyclic N) is 1. The summed E-state index contributed by atoms with van der Waals surface area (Å²) in [6.45, 7) is 3.22. The van der Waals surface area contributed by atoms with Gasteiger partial charge in [0.15, 0.2) is 0 Å². The van der Waals surface area contributed by atoms with Crippen LogP contribution in [0.5, 0.6) is 0 Å². The third-order valence-corrected chi connectivity index (χ3v) is 5.04. The minimum Gasteiger partial charge on any atom is -0.387 e. The van der Waals surface area contributed by atoms with Crippen LogP contribution in [0.2, 0.25) is 10.0 Å². The Hall–Kier alpha value is -1.59. The van der Waals surface area contributed by atoms with E-state index in [1.165, 1.54) is 0 Å². The highest BCUT2D eigenvalue weighted by atomic mass is 35.5. The highest BCUT2D eigenvalue weighted by molar-refractivity contribution is 6.31. The number of rotatable bonds is 4. The van der Waals surface area contributed by atoms with Crippen molar-refractivity contribution in [2.75, 3.05) is 32.7 Å². The normalized spacial score (nSPS) is 16.7. The van der Waals surface area contributed by atoms with Crippen LogP contribution in [-0.2, 0) is 0 Å². The third-order valence-electron chi connectivity index (χ3n) is 4.45. The minimum absolute atomic E-state index is 0.0166. The molecule has 0 radical (unpaired) electrons. The molecule has 0 aromatic heterocycles. The first-order chi connectivity index (χ1) is 12.0. The zero-order chi connectivity index (χ0) is 17.8. The van der Waals surface area contributed by atoms with E-state index in [4.69, 9.17) is 23.2 Å². The fraction of sp³-hybridized carbons (Fsp3) is 0.316. The first-order valence-corrected chi connectivity index (χ1v) is 9.00. The van der Waals surface area contributed by atoms with Crippen LogP contribution in [0.25, 0.3) is 0 Å². The second-order valence-electron chi connectivity index (χ2n) is 6.14. The first kappa shape index (κ1) is 18.2. The number of hydrogen-bond donors (Lipinski definition) is 1. The van der Waals surface area contributed by atoms with Crippen molar-refractivity contribution >= 4 is 29.1 Å². The van der Waals surface area contributed by atoms with E-state index in [-0.39, 0.29) is 5.91 Å². The lowest BCUT2D eigenvalue weighted by atomic mass is 10.1.